The van der Waals surface area contributed by atoms with Gasteiger partial charge in [0.25, 0.3) is 5.91 Å². The van der Waals surface area contributed by atoms with Crippen molar-refractivity contribution in [3.8, 4) is 10.7 Å². The maximum atomic E-state index is 12.2. The number of nitrogens with zero attached hydrogens (tertiary/aromatic N) is 2. The fourth-order valence-electron chi connectivity index (χ4n) is 2.06. The summed E-state index contributed by atoms with van der Waals surface area (Å²) in [6.45, 7) is 3.47. The van der Waals surface area contributed by atoms with Gasteiger partial charge in [-0.1, -0.05) is 12.1 Å². The number of thiophene rings is 1. The number of aryl methyl sites for hydroxylation is 1. The van der Waals surface area contributed by atoms with Gasteiger partial charge >= 0.3 is 0 Å². The summed E-state index contributed by atoms with van der Waals surface area (Å²) in [6.07, 6.45) is 0. The van der Waals surface area contributed by atoms with Crippen molar-refractivity contribution in [2.75, 3.05) is 5.32 Å². The molecular weight excluding hydrogens is 312 g/mol. The molecule has 7 heteroatoms. The Morgan fingerprint density at radius 3 is 2.43 bits per heavy atom. The predicted molar refractivity (Wildman–Crippen MR) is 88.8 cm³/mol. The van der Waals surface area contributed by atoms with Crippen LogP contribution >= 0.6 is 11.3 Å². The van der Waals surface area contributed by atoms with Crippen molar-refractivity contribution >= 4 is 29.0 Å². The van der Waals surface area contributed by atoms with Crippen molar-refractivity contribution in [1.82, 2.24) is 15.2 Å². The van der Waals surface area contributed by atoms with E-state index in [0.717, 1.165) is 10.4 Å². The molecule has 0 saturated heterocycles. The molecule has 1 aromatic carbocycles. The van der Waals surface area contributed by atoms with E-state index in [1.165, 1.54) is 6.92 Å². The average molecular weight is 326 g/mol. The van der Waals surface area contributed by atoms with Crippen LogP contribution in [-0.4, -0.2) is 26.9 Å². The first kappa shape index (κ1) is 15.1. The number of carbonyl (C=O) groups is 2. The van der Waals surface area contributed by atoms with Crippen molar-refractivity contribution < 1.29 is 9.59 Å². The molecule has 0 aliphatic carbocycles. The zero-order valence-corrected chi connectivity index (χ0v) is 13.4. The molecule has 2 aromatic heterocycles. The fraction of sp³-hybridized carbons (Fsp3) is 0.125. The largest absolute Gasteiger partial charge is 0.295 e. The van der Waals surface area contributed by atoms with E-state index < -0.39 is 0 Å². The van der Waals surface area contributed by atoms with Crippen LogP contribution in [0.5, 0.6) is 0 Å². The third kappa shape index (κ3) is 3.19. The molecule has 0 aliphatic heterocycles. The molecule has 0 atom stereocenters. The summed E-state index contributed by atoms with van der Waals surface area (Å²) in [5.74, 6) is 0.476. The van der Waals surface area contributed by atoms with Gasteiger partial charge in [0, 0.05) is 11.1 Å². The highest BCUT2D eigenvalue weighted by Gasteiger charge is 2.13. The number of H-pyrrole nitrogens is 1. The molecule has 23 heavy (non-hydrogen) atoms. The van der Waals surface area contributed by atoms with Crippen LogP contribution in [0.4, 0.5) is 5.95 Å². The van der Waals surface area contributed by atoms with Crippen LogP contribution in [0.2, 0.25) is 0 Å². The number of hydrogen-bond donors (Lipinski definition) is 2. The molecule has 2 N–H and O–H groups in total. The number of rotatable bonds is 4. The molecule has 1 amide bonds. The Bertz CT molecular complexity index is 864. The summed E-state index contributed by atoms with van der Waals surface area (Å²) < 4.78 is 0. The third-order valence-electron chi connectivity index (χ3n) is 3.34. The van der Waals surface area contributed by atoms with E-state index in [2.05, 4.69) is 20.5 Å². The standard InChI is InChI=1S/C16H14N4O2S/c1-9-7-8-23-13(9)14-17-16(20-19-14)18-15(22)12-5-3-11(4-6-12)10(2)21/h3-8H,1-2H3,(H2,17,18,19,20,22). The first-order valence-electron chi connectivity index (χ1n) is 6.94. The van der Waals surface area contributed by atoms with Gasteiger partial charge < -0.3 is 0 Å². The number of benzene rings is 1. The van der Waals surface area contributed by atoms with Crippen molar-refractivity contribution in [2.45, 2.75) is 13.8 Å². The van der Waals surface area contributed by atoms with Crippen LogP contribution in [0.1, 0.15) is 33.2 Å². The summed E-state index contributed by atoms with van der Waals surface area (Å²) in [7, 11) is 0. The zero-order chi connectivity index (χ0) is 16.4. The normalized spacial score (nSPS) is 10.5. The summed E-state index contributed by atoms with van der Waals surface area (Å²) >= 11 is 1.56. The highest BCUT2D eigenvalue weighted by molar-refractivity contribution is 7.13. The number of anilines is 1. The van der Waals surface area contributed by atoms with Crippen LogP contribution < -0.4 is 5.32 Å². The van der Waals surface area contributed by atoms with Gasteiger partial charge in [-0.05, 0) is 43.0 Å². The number of hydrogen-bond acceptors (Lipinski definition) is 5. The quantitative estimate of drug-likeness (QED) is 0.720. The van der Waals surface area contributed by atoms with Gasteiger partial charge in [0.05, 0.1) is 4.88 Å². The van der Waals surface area contributed by atoms with E-state index in [0.29, 0.717) is 17.0 Å². The predicted octanol–water partition coefficient (Wildman–Crippen LogP) is 3.30. The number of Topliss-reactive ketones (excluding diaryl/α,β-unsaturated/α-hetero) is 1. The molecule has 0 fully saturated rings. The smallest absolute Gasteiger partial charge is 0.258 e. The molecule has 0 radical (unpaired) electrons. The summed E-state index contributed by atoms with van der Waals surface area (Å²) in [5.41, 5.74) is 2.10. The number of ketones is 1. The molecule has 0 unspecified atom stereocenters. The number of aromatic nitrogens is 3. The van der Waals surface area contributed by atoms with Gasteiger partial charge in [0.2, 0.25) is 5.95 Å². The molecule has 0 bridgehead atoms. The van der Waals surface area contributed by atoms with Crippen LogP contribution in [0.25, 0.3) is 10.7 Å². The van der Waals surface area contributed by atoms with E-state index in [1.54, 1.807) is 35.6 Å². The first-order chi connectivity index (χ1) is 11.0. The lowest BCUT2D eigenvalue weighted by Gasteiger charge is -2.01. The van der Waals surface area contributed by atoms with Gasteiger partial charge in [-0.3, -0.25) is 20.0 Å². The highest BCUT2D eigenvalue weighted by Crippen LogP contribution is 2.26. The van der Waals surface area contributed by atoms with Gasteiger partial charge in [0.1, 0.15) is 0 Å². The zero-order valence-electron chi connectivity index (χ0n) is 12.6. The summed E-state index contributed by atoms with van der Waals surface area (Å²) in [5, 5.41) is 11.4. The minimum absolute atomic E-state index is 0.0399. The Balaban J connectivity index is 1.74. The highest BCUT2D eigenvalue weighted by atomic mass is 32.1. The molecule has 0 saturated carbocycles. The molecule has 0 spiro atoms. The van der Waals surface area contributed by atoms with Gasteiger partial charge in [-0.2, -0.15) is 4.98 Å². The number of carbonyl (C=O) groups excluding carboxylic acids is 2. The second-order valence-electron chi connectivity index (χ2n) is 5.03. The number of amides is 1. The Morgan fingerprint density at radius 2 is 1.83 bits per heavy atom. The Hall–Kier alpha value is -2.80. The lowest BCUT2D eigenvalue weighted by Crippen LogP contribution is -2.13. The van der Waals surface area contributed by atoms with Crippen LogP contribution in [0.3, 0.4) is 0 Å². The molecule has 2 heterocycles. The molecule has 116 valence electrons. The molecule has 6 nitrogen and oxygen atoms in total. The molecule has 3 rings (SSSR count). The van der Waals surface area contributed by atoms with Crippen LogP contribution in [-0.2, 0) is 0 Å². The summed E-state index contributed by atoms with van der Waals surface area (Å²) in [4.78, 5) is 28.7. The molecular formula is C16H14N4O2S. The van der Waals surface area contributed by atoms with Crippen LogP contribution in [0, 0.1) is 6.92 Å². The fourth-order valence-corrected chi connectivity index (χ4v) is 2.93. The van der Waals surface area contributed by atoms with Gasteiger partial charge in [-0.15, -0.1) is 16.4 Å². The minimum Gasteiger partial charge on any atom is -0.295 e. The second-order valence-corrected chi connectivity index (χ2v) is 5.94. The van der Waals surface area contributed by atoms with Crippen molar-refractivity contribution in [3.05, 3.63) is 52.4 Å². The minimum atomic E-state index is -0.325. The monoisotopic (exact) mass is 326 g/mol. The lowest BCUT2D eigenvalue weighted by molar-refractivity contribution is 0.100. The van der Waals surface area contributed by atoms with Gasteiger partial charge in [-0.25, -0.2) is 0 Å². The van der Waals surface area contributed by atoms with E-state index in [-0.39, 0.29) is 17.6 Å². The lowest BCUT2D eigenvalue weighted by atomic mass is 10.1. The Labute approximate surface area is 136 Å². The topological polar surface area (TPSA) is 87.7 Å². The van der Waals surface area contributed by atoms with E-state index >= 15 is 0 Å². The number of aromatic amines is 1. The molecule has 0 aliphatic rings. The van der Waals surface area contributed by atoms with Gasteiger partial charge in [0.15, 0.2) is 11.6 Å². The number of nitrogens with one attached hydrogen (secondary N) is 2. The van der Waals surface area contributed by atoms with Crippen molar-refractivity contribution in [3.63, 3.8) is 0 Å². The SMILES string of the molecule is CC(=O)c1ccc(C(=O)Nc2n[nH]c(-c3sccc3C)n2)cc1. The average Bonchev–Trinajstić information content (AvgIpc) is 3.16. The first-order valence-corrected chi connectivity index (χ1v) is 7.82. The van der Waals surface area contributed by atoms with E-state index in [9.17, 15) is 9.59 Å². The summed E-state index contributed by atoms with van der Waals surface area (Å²) in [6, 6.07) is 8.44. The second kappa shape index (κ2) is 6.13. The van der Waals surface area contributed by atoms with E-state index in [4.69, 9.17) is 0 Å². The van der Waals surface area contributed by atoms with Crippen LogP contribution in [0.15, 0.2) is 35.7 Å². The Morgan fingerprint density at radius 1 is 1.13 bits per heavy atom. The Kier molecular flexibility index (Phi) is 4.03. The third-order valence-corrected chi connectivity index (χ3v) is 4.36. The maximum Gasteiger partial charge on any atom is 0.258 e. The van der Waals surface area contributed by atoms with E-state index in [1.807, 2.05) is 18.4 Å². The maximum absolute atomic E-state index is 12.2. The van der Waals surface area contributed by atoms with Crippen molar-refractivity contribution in [2.24, 2.45) is 0 Å². The molecule has 3 aromatic rings. The van der Waals surface area contributed by atoms with Crippen molar-refractivity contribution in [1.29, 1.82) is 0 Å².